The van der Waals surface area contributed by atoms with Crippen LogP contribution >= 0.6 is 0 Å². The van der Waals surface area contributed by atoms with Crippen LogP contribution in [-0.4, -0.2) is 37.6 Å². The monoisotopic (exact) mass is 491 g/mol. The van der Waals surface area contributed by atoms with Crippen LogP contribution in [0.4, 0.5) is 4.39 Å². The van der Waals surface area contributed by atoms with Crippen LogP contribution in [-0.2, 0) is 21.5 Å². The number of hydrogen-bond donors (Lipinski definition) is 3. The molecule has 0 radical (unpaired) electrons. The summed E-state index contributed by atoms with van der Waals surface area (Å²) in [6.07, 6.45) is 11.4. The lowest BCUT2D eigenvalue weighted by Crippen LogP contribution is -2.44. The van der Waals surface area contributed by atoms with Gasteiger partial charge in [-0.05, 0) is 86.9 Å². The number of hydrogen-bond acceptors (Lipinski definition) is 4. The molecule has 1 aliphatic heterocycles. The van der Waals surface area contributed by atoms with Gasteiger partial charge in [0.05, 0.1) is 13.2 Å². The standard InChI is InChI=1S/C29H34FN3O3/c1-2-21-7-6-8-23(15-21)29(11-12-29)32-13-10-25-17-22-16-24(30)19-26(18-22)36-14-5-3-4-9-27(34)31-20-28(35)33-25/h1,6-8,15-16,18-19,25,32H,3-5,9-14,17,20H2,(H,31,34)(H,33,35)/t25-/m1/s1. The molecular weight excluding hydrogens is 457 g/mol. The van der Waals surface area contributed by atoms with Crippen LogP contribution in [0.15, 0.2) is 42.5 Å². The summed E-state index contributed by atoms with van der Waals surface area (Å²) in [6, 6.07) is 12.5. The molecule has 1 heterocycles. The quantitative estimate of drug-likeness (QED) is 0.559. The Bertz CT molecular complexity index is 1120. The molecule has 0 aromatic heterocycles. The highest BCUT2D eigenvalue weighted by molar-refractivity contribution is 5.84. The van der Waals surface area contributed by atoms with Gasteiger partial charge in [0, 0.05) is 29.6 Å². The van der Waals surface area contributed by atoms with Crippen LogP contribution in [0, 0.1) is 18.2 Å². The fourth-order valence-electron chi connectivity index (χ4n) is 4.72. The van der Waals surface area contributed by atoms with Crippen molar-refractivity contribution in [2.45, 2.75) is 62.9 Å². The van der Waals surface area contributed by atoms with Crippen LogP contribution in [0.25, 0.3) is 0 Å². The third kappa shape index (κ3) is 7.32. The lowest BCUT2D eigenvalue weighted by molar-refractivity contribution is -0.126. The Morgan fingerprint density at radius 1 is 1.11 bits per heavy atom. The predicted octanol–water partition coefficient (Wildman–Crippen LogP) is 3.57. The number of terminal acetylenes is 1. The molecule has 6 nitrogen and oxygen atoms in total. The molecule has 4 rings (SSSR count). The minimum absolute atomic E-state index is 0.0664. The Kier molecular flexibility index (Phi) is 8.61. The number of carbonyl (C=O) groups is 2. The molecule has 1 atom stereocenters. The van der Waals surface area contributed by atoms with Crippen molar-refractivity contribution in [2.75, 3.05) is 19.7 Å². The van der Waals surface area contributed by atoms with Crippen LogP contribution in [0.5, 0.6) is 5.75 Å². The first kappa shape index (κ1) is 25.7. The topological polar surface area (TPSA) is 79.5 Å². The minimum Gasteiger partial charge on any atom is -0.493 e. The van der Waals surface area contributed by atoms with Crippen LogP contribution in [0.3, 0.4) is 0 Å². The van der Waals surface area contributed by atoms with E-state index in [-0.39, 0.29) is 35.8 Å². The van der Waals surface area contributed by atoms with Crippen molar-refractivity contribution < 1.29 is 18.7 Å². The predicted molar refractivity (Wildman–Crippen MR) is 137 cm³/mol. The number of fused-ring (bicyclic) bond motifs is 2. The van der Waals surface area contributed by atoms with E-state index in [9.17, 15) is 14.0 Å². The number of nitrogens with one attached hydrogen (secondary N) is 3. The third-order valence-electron chi connectivity index (χ3n) is 6.83. The molecule has 0 spiro atoms. The molecule has 7 heteroatoms. The zero-order valence-corrected chi connectivity index (χ0v) is 20.6. The van der Waals surface area contributed by atoms with E-state index in [0.717, 1.165) is 36.8 Å². The first-order valence-corrected chi connectivity index (χ1v) is 12.8. The van der Waals surface area contributed by atoms with E-state index in [4.69, 9.17) is 11.2 Å². The minimum atomic E-state index is -0.357. The van der Waals surface area contributed by atoms with Crippen molar-refractivity contribution in [1.82, 2.24) is 16.0 Å². The van der Waals surface area contributed by atoms with Crippen molar-refractivity contribution in [2.24, 2.45) is 0 Å². The second-order valence-corrected chi connectivity index (χ2v) is 9.72. The van der Waals surface area contributed by atoms with Crippen molar-refractivity contribution in [3.63, 3.8) is 0 Å². The Labute approximate surface area is 212 Å². The number of benzene rings is 2. The van der Waals surface area contributed by atoms with Gasteiger partial charge < -0.3 is 20.7 Å². The molecule has 2 aliphatic rings. The van der Waals surface area contributed by atoms with Gasteiger partial charge in [0.2, 0.25) is 11.8 Å². The van der Waals surface area contributed by atoms with Gasteiger partial charge in [0.15, 0.2) is 0 Å². The second-order valence-electron chi connectivity index (χ2n) is 9.72. The normalized spacial score (nSPS) is 20.4. The van der Waals surface area contributed by atoms with E-state index < -0.39 is 0 Å². The van der Waals surface area contributed by atoms with Gasteiger partial charge in [-0.15, -0.1) is 6.42 Å². The summed E-state index contributed by atoms with van der Waals surface area (Å²) in [6.45, 7) is 1.07. The molecule has 1 aliphatic carbocycles. The lowest BCUT2D eigenvalue weighted by Gasteiger charge is -2.23. The Hall–Kier alpha value is -3.37. The van der Waals surface area contributed by atoms with Crippen LogP contribution in [0.1, 0.15) is 61.6 Å². The average Bonchev–Trinajstić information content (AvgIpc) is 3.65. The largest absolute Gasteiger partial charge is 0.493 e. The van der Waals surface area contributed by atoms with Crippen molar-refractivity contribution in [1.29, 1.82) is 0 Å². The smallest absolute Gasteiger partial charge is 0.239 e. The maximum atomic E-state index is 14.3. The maximum absolute atomic E-state index is 14.3. The zero-order valence-electron chi connectivity index (χ0n) is 20.6. The van der Waals surface area contributed by atoms with Gasteiger partial charge in [0.1, 0.15) is 11.6 Å². The number of halogens is 1. The van der Waals surface area contributed by atoms with E-state index in [1.807, 2.05) is 24.3 Å². The summed E-state index contributed by atoms with van der Waals surface area (Å²) in [5.74, 6) is 2.44. The molecule has 2 bridgehead atoms. The number of rotatable bonds is 5. The summed E-state index contributed by atoms with van der Waals surface area (Å²) in [5, 5.41) is 9.38. The number of carbonyl (C=O) groups excluding carboxylic acids is 2. The Morgan fingerprint density at radius 3 is 2.78 bits per heavy atom. The van der Waals surface area contributed by atoms with Crippen molar-refractivity contribution >= 4 is 11.8 Å². The fraction of sp³-hybridized carbons (Fsp3) is 0.448. The lowest BCUT2D eigenvalue weighted by atomic mass is 10.00. The molecule has 36 heavy (non-hydrogen) atoms. The maximum Gasteiger partial charge on any atom is 0.239 e. The highest BCUT2D eigenvalue weighted by atomic mass is 19.1. The molecule has 190 valence electrons. The van der Waals surface area contributed by atoms with Gasteiger partial charge in [-0.3, -0.25) is 9.59 Å². The molecule has 1 fully saturated rings. The van der Waals surface area contributed by atoms with Gasteiger partial charge in [-0.2, -0.15) is 0 Å². The third-order valence-corrected chi connectivity index (χ3v) is 6.83. The van der Waals surface area contributed by atoms with Gasteiger partial charge in [-0.25, -0.2) is 4.39 Å². The summed E-state index contributed by atoms with van der Waals surface area (Å²) in [5.41, 5.74) is 2.70. The van der Waals surface area contributed by atoms with E-state index >= 15 is 0 Å². The van der Waals surface area contributed by atoms with Gasteiger partial charge >= 0.3 is 0 Å². The van der Waals surface area contributed by atoms with E-state index in [2.05, 4.69) is 27.9 Å². The molecule has 1 saturated carbocycles. The van der Waals surface area contributed by atoms with E-state index in [1.54, 1.807) is 0 Å². The molecule has 2 amide bonds. The summed E-state index contributed by atoms with van der Waals surface area (Å²) in [7, 11) is 0. The highest BCUT2D eigenvalue weighted by Crippen LogP contribution is 2.45. The molecule has 0 unspecified atom stereocenters. The average molecular weight is 492 g/mol. The Balaban J connectivity index is 1.44. The molecule has 2 aromatic rings. The first-order chi connectivity index (χ1) is 17.5. The first-order valence-electron chi connectivity index (χ1n) is 12.8. The Morgan fingerprint density at radius 2 is 1.97 bits per heavy atom. The van der Waals surface area contributed by atoms with Crippen LogP contribution < -0.4 is 20.7 Å². The van der Waals surface area contributed by atoms with E-state index in [1.165, 1.54) is 17.7 Å². The SMILES string of the molecule is C#Cc1cccc(C2(NCC[C@@H]3Cc4cc(F)cc(c4)OCCCCCC(=O)NCC(=O)N3)CC2)c1. The molecule has 0 saturated heterocycles. The second kappa shape index (κ2) is 12.0. The van der Waals surface area contributed by atoms with Gasteiger partial charge in [0.25, 0.3) is 0 Å². The summed E-state index contributed by atoms with van der Waals surface area (Å²) >= 11 is 0. The zero-order chi connectivity index (χ0) is 25.4. The van der Waals surface area contributed by atoms with E-state index in [0.29, 0.717) is 44.6 Å². The van der Waals surface area contributed by atoms with Crippen LogP contribution in [0.2, 0.25) is 0 Å². The summed E-state index contributed by atoms with van der Waals surface area (Å²) < 4.78 is 20.1. The van der Waals surface area contributed by atoms with Crippen molar-refractivity contribution in [3.05, 3.63) is 65.0 Å². The number of amides is 2. The van der Waals surface area contributed by atoms with Gasteiger partial charge in [-0.1, -0.05) is 18.1 Å². The number of ether oxygens (including phenoxy) is 1. The van der Waals surface area contributed by atoms with Crippen molar-refractivity contribution in [3.8, 4) is 18.1 Å². The fourth-order valence-corrected chi connectivity index (χ4v) is 4.72. The molecule has 3 N–H and O–H groups in total. The molecule has 2 aromatic carbocycles. The summed E-state index contributed by atoms with van der Waals surface area (Å²) in [4.78, 5) is 24.7. The molecular formula is C29H34FN3O3. The highest BCUT2D eigenvalue weighted by Gasteiger charge is 2.43.